The summed E-state index contributed by atoms with van der Waals surface area (Å²) >= 11 is 0. The molecule has 4 rings (SSSR count). The molecule has 1 aromatic heterocycles. The Morgan fingerprint density at radius 2 is 1.82 bits per heavy atom. The summed E-state index contributed by atoms with van der Waals surface area (Å²) in [5, 5.41) is 8.30. The quantitative estimate of drug-likeness (QED) is 0.649. The van der Waals surface area contributed by atoms with Crippen LogP contribution in [-0.4, -0.2) is 38.1 Å². The summed E-state index contributed by atoms with van der Waals surface area (Å²) in [6, 6.07) is 13.3. The number of nitrogens with zero attached hydrogens (tertiary/aromatic N) is 2. The first kappa shape index (κ1) is 18.8. The van der Waals surface area contributed by atoms with Crippen LogP contribution in [0, 0.1) is 0 Å². The van der Waals surface area contributed by atoms with E-state index in [0.29, 0.717) is 34.6 Å². The van der Waals surface area contributed by atoms with Crippen molar-refractivity contribution >= 4 is 9.84 Å². The number of rotatable bonds is 5. The van der Waals surface area contributed by atoms with Gasteiger partial charge in [-0.3, -0.25) is 0 Å². The number of hydrogen-bond acceptors (Lipinski definition) is 6. The van der Waals surface area contributed by atoms with E-state index < -0.39 is 9.84 Å². The first-order valence-corrected chi connectivity index (χ1v) is 11.2. The van der Waals surface area contributed by atoms with Crippen molar-refractivity contribution in [1.29, 1.82) is 0 Å². The average Bonchev–Trinajstić information content (AvgIpc) is 3.39. The highest BCUT2D eigenvalue weighted by Crippen LogP contribution is 2.31. The molecular formula is C21H22N2O4S. The van der Waals surface area contributed by atoms with Gasteiger partial charge < -0.3 is 9.15 Å². The van der Waals surface area contributed by atoms with E-state index in [-0.39, 0.29) is 0 Å². The summed E-state index contributed by atoms with van der Waals surface area (Å²) in [4.78, 5) is 0.301. The number of hydrogen-bond donors (Lipinski definition) is 0. The van der Waals surface area contributed by atoms with Crippen LogP contribution in [0.3, 0.4) is 0 Å². The molecule has 7 heteroatoms. The van der Waals surface area contributed by atoms with Crippen LogP contribution in [0.2, 0.25) is 0 Å². The Morgan fingerprint density at radius 1 is 1.07 bits per heavy atom. The smallest absolute Gasteiger partial charge is 0.248 e. The van der Waals surface area contributed by atoms with E-state index in [1.54, 1.807) is 12.1 Å². The van der Waals surface area contributed by atoms with Gasteiger partial charge in [-0.1, -0.05) is 25.1 Å². The van der Waals surface area contributed by atoms with Gasteiger partial charge in [0.15, 0.2) is 9.84 Å². The molecule has 0 saturated carbocycles. The van der Waals surface area contributed by atoms with E-state index in [4.69, 9.17) is 9.15 Å². The lowest BCUT2D eigenvalue weighted by Crippen LogP contribution is -2.02. The van der Waals surface area contributed by atoms with Gasteiger partial charge >= 0.3 is 0 Å². The van der Waals surface area contributed by atoms with Gasteiger partial charge in [0.1, 0.15) is 0 Å². The second kappa shape index (κ2) is 7.48. The van der Waals surface area contributed by atoms with Gasteiger partial charge in [-0.15, -0.1) is 10.2 Å². The fourth-order valence-electron chi connectivity index (χ4n) is 3.50. The zero-order chi connectivity index (χ0) is 19.7. The van der Waals surface area contributed by atoms with Gasteiger partial charge in [0, 0.05) is 29.9 Å². The maximum absolute atomic E-state index is 12.1. The van der Waals surface area contributed by atoms with E-state index in [1.165, 1.54) is 11.8 Å². The van der Waals surface area contributed by atoms with Crippen LogP contribution in [0.4, 0.5) is 0 Å². The van der Waals surface area contributed by atoms with Crippen LogP contribution < -0.4 is 0 Å². The minimum Gasteiger partial charge on any atom is -0.416 e. The normalized spacial score (nSPS) is 17.1. The molecule has 0 N–H and O–H groups in total. The zero-order valence-corrected chi connectivity index (χ0v) is 16.7. The van der Waals surface area contributed by atoms with E-state index in [9.17, 15) is 8.42 Å². The Bertz CT molecular complexity index is 1100. The molecule has 0 spiro atoms. The van der Waals surface area contributed by atoms with Crippen molar-refractivity contribution in [3.05, 3.63) is 53.6 Å². The second-order valence-corrected chi connectivity index (χ2v) is 9.03. The third-order valence-corrected chi connectivity index (χ3v) is 6.23. The topological polar surface area (TPSA) is 82.3 Å². The number of ether oxygens (including phenoxy) is 1. The average molecular weight is 398 g/mol. The van der Waals surface area contributed by atoms with Crippen LogP contribution >= 0.6 is 0 Å². The van der Waals surface area contributed by atoms with Crippen molar-refractivity contribution in [3.8, 4) is 22.9 Å². The lowest BCUT2D eigenvalue weighted by atomic mass is 9.97. The number of aromatic nitrogens is 2. The fourth-order valence-corrected chi connectivity index (χ4v) is 4.53. The Morgan fingerprint density at radius 3 is 2.46 bits per heavy atom. The number of aryl methyl sites for hydroxylation is 1. The highest BCUT2D eigenvalue weighted by molar-refractivity contribution is 7.90. The predicted molar refractivity (Wildman–Crippen MR) is 106 cm³/mol. The van der Waals surface area contributed by atoms with Crippen molar-refractivity contribution in [1.82, 2.24) is 10.2 Å². The van der Waals surface area contributed by atoms with Crippen molar-refractivity contribution in [2.45, 2.75) is 30.6 Å². The predicted octanol–water partition coefficient (Wildman–Crippen LogP) is 3.87. The summed E-state index contributed by atoms with van der Waals surface area (Å²) in [5.74, 6) is 1.11. The van der Waals surface area contributed by atoms with Crippen molar-refractivity contribution in [2.75, 3.05) is 19.5 Å². The van der Waals surface area contributed by atoms with Crippen LogP contribution in [-0.2, 0) is 21.0 Å². The molecule has 1 atom stereocenters. The molecule has 1 unspecified atom stereocenters. The molecule has 1 fully saturated rings. The molecule has 0 aliphatic carbocycles. The largest absolute Gasteiger partial charge is 0.416 e. The highest BCUT2D eigenvalue weighted by atomic mass is 32.2. The highest BCUT2D eigenvalue weighted by Gasteiger charge is 2.20. The summed E-state index contributed by atoms with van der Waals surface area (Å²) in [7, 11) is -3.34. The van der Waals surface area contributed by atoms with Crippen molar-refractivity contribution < 1.29 is 17.6 Å². The van der Waals surface area contributed by atoms with Gasteiger partial charge in [0.05, 0.1) is 11.5 Å². The Balaban J connectivity index is 1.68. The molecule has 28 heavy (non-hydrogen) atoms. The lowest BCUT2D eigenvalue weighted by molar-refractivity contribution is 0.194. The summed E-state index contributed by atoms with van der Waals surface area (Å²) in [6.45, 7) is 3.45. The molecule has 146 valence electrons. The van der Waals surface area contributed by atoms with E-state index in [1.807, 2.05) is 25.1 Å². The SMILES string of the molecule is CCc1ccc(-c2nnc(-c3cccc(C4CCOC4)c3)o2)cc1S(C)(=O)=O. The van der Waals surface area contributed by atoms with Crippen LogP contribution in [0.25, 0.3) is 22.9 Å². The van der Waals surface area contributed by atoms with Gasteiger partial charge in [-0.05, 0) is 48.2 Å². The Kier molecular flexibility index (Phi) is 5.03. The van der Waals surface area contributed by atoms with Crippen LogP contribution in [0.1, 0.15) is 30.4 Å². The lowest BCUT2D eigenvalue weighted by Gasteiger charge is -2.08. The molecule has 1 aliphatic heterocycles. The molecule has 0 amide bonds. The van der Waals surface area contributed by atoms with Crippen molar-refractivity contribution in [3.63, 3.8) is 0 Å². The third kappa shape index (κ3) is 3.72. The van der Waals surface area contributed by atoms with E-state index >= 15 is 0 Å². The summed E-state index contributed by atoms with van der Waals surface area (Å²) in [5.41, 5.74) is 3.41. The Hall–Kier alpha value is -2.51. The van der Waals surface area contributed by atoms with Crippen LogP contribution in [0.5, 0.6) is 0 Å². The maximum atomic E-state index is 12.1. The minimum atomic E-state index is -3.34. The zero-order valence-electron chi connectivity index (χ0n) is 15.9. The minimum absolute atomic E-state index is 0.301. The standard InChI is InChI=1S/C21H22N2O4S/c1-3-14-7-8-17(12-19(14)28(2,24)25)21-23-22-20(27-21)16-6-4-5-15(11-16)18-9-10-26-13-18/h4-8,11-12,18H,3,9-10,13H2,1-2H3. The third-order valence-electron chi connectivity index (χ3n) is 5.05. The number of benzene rings is 2. The van der Waals surface area contributed by atoms with Gasteiger partial charge in [0.25, 0.3) is 0 Å². The van der Waals surface area contributed by atoms with Gasteiger partial charge in [-0.25, -0.2) is 8.42 Å². The molecule has 1 aliphatic rings. The molecule has 0 bridgehead atoms. The molecule has 2 aromatic carbocycles. The monoisotopic (exact) mass is 398 g/mol. The molecule has 0 radical (unpaired) electrons. The molecular weight excluding hydrogens is 376 g/mol. The molecule has 3 aromatic rings. The maximum Gasteiger partial charge on any atom is 0.248 e. The molecule has 1 saturated heterocycles. The van der Waals surface area contributed by atoms with Crippen LogP contribution in [0.15, 0.2) is 51.8 Å². The first-order valence-electron chi connectivity index (χ1n) is 9.30. The van der Waals surface area contributed by atoms with E-state index in [0.717, 1.165) is 30.8 Å². The fraction of sp³-hybridized carbons (Fsp3) is 0.333. The summed E-state index contributed by atoms with van der Waals surface area (Å²) < 4.78 is 35.6. The van der Waals surface area contributed by atoms with Gasteiger partial charge in [-0.2, -0.15) is 0 Å². The van der Waals surface area contributed by atoms with Gasteiger partial charge in [0.2, 0.25) is 11.8 Å². The summed E-state index contributed by atoms with van der Waals surface area (Å²) in [6.07, 6.45) is 2.86. The molecule has 6 nitrogen and oxygen atoms in total. The van der Waals surface area contributed by atoms with E-state index in [2.05, 4.69) is 22.3 Å². The number of sulfone groups is 1. The molecule has 2 heterocycles. The van der Waals surface area contributed by atoms with Crippen molar-refractivity contribution in [2.24, 2.45) is 0 Å². The second-order valence-electron chi connectivity index (χ2n) is 7.05. The first-order chi connectivity index (χ1) is 13.5. The Labute approximate surface area is 164 Å².